The molecule has 1 heterocycles. The molecule has 0 spiro atoms. The van der Waals surface area contributed by atoms with E-state index in [-0.39, 0.29) is 0 Å². The van der Waals surface area contributed by atoms with Crippen LogP contribution < -0.4 is 5.32 Å². The summed E-state index contributed by atoms with van der Waals surface area (Å²) in [5.74, 6) is 1.07. The lowest BCUT2D eigenvalue weighted by molar-refractivity contribution is 0.959. The number of hydrogen-bond donors (Lipinski definition) is 1. The van der Waals surface area contributed by atoms with E-state index in [1.165, 1.54) is 27.8 Å². The topological polar surface area (TPSA) is 24.4 Å². The summed E-state index contributed by atoms with van der Waals surface area (Å²) in [5, 5.41) is 3.38. The van der Waals surface area contributed by atoms with Crippen molar-refractivity contribution in [1.82, 2.24) is 5.32 Å². The number of aliphatic imine (C=N–C) groups is 1. The zero-order valence-corrected chi connectivity index (χ0v) is 10.1. The van der Waals surface area contributed by atoms with Crippen LogP contribution in [0.3, 0.4) is 0 Å². The monoisotopic (exact) mass is 234 g/mol. The van der Waals surface area contributed by atoms with Gasteiger partial charge in [0.25, 0.3) is 0 Å². The van der Waals surface area contributed by atoms with E-state index in [1.807, 2.05) is 0 Å². The molecule has 0 saturated carbocycles. The number of benzene rings is 2. The first-order valence-electron chi connectivity index (χ1n) is 6.42. The van der Waals surface area contributed by atoms with Crippen LogP contribution in [0.5, 0.6) is 0 Å². The van der Waals surface area contributed by atoms with Gasteiger partial charge in [0.05, 0.1) is 6.54 Å². The molecule has 0 aromatic heterocycles. The van der Waals surface area contributed by atoms with Gasteiger partial charge in [-0.15, -0.1) is 0 Å². The Morgan fingerprint density at radius 1 is 0.889 bits per heavy atom. The summed E-state index contributed by atoms with van der Waals surface area (Å²) < 4.78 is 0. The highest BCUT2D eigenvalue weighted by Crippen LogP contribution is 2.38. The molecule has 18 heavy (non-hydrogen) atoms. The summed E-state index contributed by atoms with van der Waals surface area (Å²) in [7, 11) is 0. The van der Waals surface area contributed by atoms with Crippen LogP contribution in [0, 0.1) is 0 Å². The quantitative estimate of drug-likeness (QED) is 0.687. The van der Waals surface area contributed by atoms with Gasteiger partial charge in [-0.1, -0.05) is 42.5 Å². The molecule has 2 aliphatic rings. The lowest BCUT2D eigenvalue weighted by atomic mass is 10.0. The molecule has 1 aliphatic carbocycles. The minimum absolute atomic E-state index is 0.895. The molecule has 0 atom stereocenters. The SMILES string of the molecule is c1ccc2c(c1)Cc1c(C3=NCCN3)cccc1-2. The third-order valence-corrected chi connectivity index (χ3v) is 3.78. The first-order valence-corrected chi connectivity index (χ1v) is 6.42. The Kier molecular flexibility index (Phi) is 2.04. The molecular weight excluding hydrogens is 220 g/mol. The van der Waals surface area contributed by atoms with Gasteiger partial charge in [0.1, 0.15) is 5.84 Å². The van der Waals surface area contributed by atoms with Gasteiger partial charge < -0.3 is 5.32 Å². The fraction of sp³-hybridized carbons (Fsp3) is 0.188. The molecule has 2 heteroatoms. The van der Waals surface area contributed by atoms with Crippen molar-refractivity contribution in [2.75, 3.05) is 13.1 Å². The van der Waals surface area contributed by atoms with Crippen LogP contribution in [0.15, 0.2) is 47.5 Å². The van der Waals surface area contributed by atoms with E-state index in [9.17, 15) is 0 Å². The standard InChI is InChI=1S/C16H14N2/c1-2-5-12-11(4-1)10-15-13(12)6-3-7-14(15)16-17-8-9-18-16/h1-7H,8-10H2,(H,17,18). The number of fused-ring (bicyclic) bond motifs is 3. The molecule has 1 N–H and O–H groups in total. The van der Waals surface area contributed by atoms with E-state index in [2.05, 4.69) is 52.8 Å². The van der Waals surface area contributed by atoms with Crippen molar-refractivity contribution in [2.24, 2.45) is 4.99 Å². The Balaban J connectivity index is 1.91. The van der Waals surface area contributed by atoms with Crippen molar-refractivity contribution in [3.8, 4) is 11.1 Å². The minimum Gasteiger partial charge on any atom is -0.368 e. The van der Waals surface area contributed by atoms with Crippen LogP contribution in [0.2, 0.25) is 0 Å². The van der Waals surface area contributed by atoms with Crippen LogP contribution in [0.4, 0.5) is 0 Å². The second-order valence-electron chi connectivity index (χ2n) is 4.82. The van der Waals surface area contributed by atoms with Gasteiger partial charge >= 0.3 is 0 Å². The van der Waals surface area contributed by atoms with Crippen LogP contribution in [-0.2, 0) is 6.42 Å². The largest absolute Gasteiger partial charge is 0.368 e. The predicted octanol–water partition coefficient (Wildman–Crippen LogP) is 2.61. The summed E-state index contributed by atoms with van der Waals surface area (Å²) in [6.07, 6.45) is 1.03. The van der Waals surface area contributed by atoms with E-state index in [4.69, 9.17) is 0 Å². The highest BCUT2D eigenvalue weighted by Gasteiger charge is 2.22. The third-order valence-electron chi connectivity index (χ3n) is 3.78. The number of amidine groups is 1. The van der Waals surface area contributed by atoms with Gasteiger partial charge in [-0.2, -0.15) is 0 Å². The molecule has 0 radical (unpaired) electrons. The number of rotatable bonds is 1. The second-order valence-corrected chi connectivity index (χ2v) is 4.82. The van der Waals surface area contributed by atoms with E-state index >= 15 is 0 Å². The molecule has 0 unspecified atom stereocenters. The Morgan fingerprint density at radius 2 is 1.72 bits per heavy atom. The van der Waals surface area contributed by atoms with Crippen LogP contribution in [0.25, 0.3) is 11.1 Å². The molecule has 0 amide bonds. The summed E-state index contributed by atoms with van der Waals surface area (Å²) in [6, 6.07) is 15.2. The Morgan fingerprint density at radius 3 is 2.61 bits per heavy atom. The van der Waals surface area contributed by atoms with E-state index in [1.54, 1.807) is 0 Å². The lowest BCUT2D eigenvalue weighted by Gasteiger charge is -2.08. The Hall–Kier alpha value is -2.09. The van der Waals surface area contributed by atoms with Crippen molar-refractivity contribution in [3.63, 3.8) is 0 Å². The summed E-state index contributed by atoms with van der Waals surface area (Å²) in [6.45, 7) is 1.86. The first-order chi connectivity index (χ1) is 8.93. The lowest BCUT2D eigenvalue weighted by Crippen LogP contribution is -2.20. The smallest absolute Gasteiger partial charge is 0.128 e. The van der Waals surface area contributed by atoms with Crippen LogP contribution >= 0.6 is 0 Å². The molecule has 1 aliphatic heterocycles. The van der Waals surface area contributed by atoms with Crippen molar-refractivity contribution >= 4 is 5.84 Å². The summed E-state index contributed by atoms with van der Waals surface area (Å²) in [4.78, 5) is 4.55. The molecule has 0 fully saturated rings. The number of nitrogens with one attached hydrogen (secondary N) is 1. The van der Waals surface area contributed by atoms with Crippen molar-refractivity contribution in [3.05, 3.63) is 59.2 Å². The molecule has 0 bridgehead atoms. The van der Waals surface area contributed by atoms with Crippen molar-refractivity contribution in [2.45, 2.75) is 6.42 Å². The van der Waals surface area contributed by atoms with Gasteiger partial charge in [0.2, 0.25) is 0 Å². The zero-order chi connectivity index (χ0) is 11.9. The van der Waals surface area contributed by atoms with Gasteiger partial charge in [-0.3, -0.25) is 4.99 Å². The zero-order valence-electron chi connectivity index (χ0n) is 10.1. The molecule has 88 valence electrons. The highest BCUT2D eigenvalue weighted by atomic mass is 15.1. The van der Waals surface area contributed by atoms with Gasteiger partial charge in [-0.25, -0.2) is 0 Å². The highest BCUT2D eigenvalue weighted by molar-refractivity contribution is 6.03. The fourth-order valence-corrected chi connectivity index (χ4v) is 2.96. The van der Waals surface area contributed by atoms with Gasteiger partial charge in [0.15, 0.2) is 0 Å². The molecule has 2 aromatic carbocycles. The number of nitrogens with zero attached hydrogens (tertiary/aromatic N) is 1. The average molecular weight is 234 g/mol. The summed E-state index contributed by atoms with van der Waals surface area (Å²) >= 11 is 0. The molecule has 2 aromatic rings. The second kappa shape index (κ2) is 3.70. The molecule has 4 rings (SSSR count). The molecular formula is C16H14N2. The maximum Gasteiger partial charge on any atom is 0.128 e. The molecule has 0 saturated heterocycles. The summed E-state index contributed by atoms with van der Waals surface area (Å²) in [5.41, 5.74) is 6.89. The minimum atomic E-state index is 0.895. The van der Waals surface area contributed by atoms with E-state index in [0.717, 1.165) is 25.3 Å². The normalized spacial score (nSPS) is 15.9. The first kappa shape index (κ1) is 9.89. The molecule has 2 nitrogen and oxygen atoms in total. The Labute approximate surface area is 106 Å². The van der Waals surface area contributed by atoms with Gasteiger partial charge in [-0.05, 0) is 28.7 Å². The van der Waals surface area contributed by atoms with Crippen molar-refractivity contribution in [1.29, 1.82) is 0 Å². The average Bonchev–Trinajstić information content (AvgIpc) is 3.05. The van der Waals surface area contributed by atoms with E-state index < -0.39 is 0 Å². The van der Waals surface area contributed by atoms with Gasteiger partial charge in [0, 0.05) is 12.1 Å². The van der Waals surface area contributed by atoms with Crippen molar-refractivity contribution < 1.29 is 0 Å². The maximum atomic E-state index is 4.55. The van der Waals surface area contributed by atoms with E-state index in [0.29, 0.717) is 0 Å². The fourth-order valence-electron chi connectivity index (χ4n) is 2.96. The van der Waals surface area contributed by atoms with Crippen LogP contribution in [0.1, 0.15) is 16.7 Å². The maximum absolute atomic E-state index is 4.55. The third kappa shape index (κ3) is 1.32. The Bertz CT molecular complexity index is 656. The number of hydrogen-bond acceptors (Lipinski definition) is 2. The predicted molar refractivity (Wildman–Crippen MR) is 74.1 cm³/mol. The van der Waals surface area contributed by atoms with Crippen LogP contribution in [-0.4, -0.2) is 18.9 Å².